The molecule has 0 saturated heterocycles. The van der Waals surface area contributed by atoms with Crippen LogP contribution in [0.25, 0.3) is 0 Å². The summed E-state index contributed by atoms with van der Waals surface area (Å²) in [6.45, 7) is 6.99. The fourth-order valence-electron chi connectivity index (χ4n) is 1.71. The molecule has 7 heteroatoms. The predicted molar refractivity (Wildman–Crippen MR) is 82.0 cm³/mol. The van der Waals surface area contributed by atoms with E-state index in [1.165, 1.54) is 6.07 Å². The second-order valence-electron chi connectivity index (χ2n) is 5.97. The number of nitrogens with one attached hydrogen (secondary N) is 2. The molecule has 1 aromatic rings. The Bertz CT molecular complexity index is 604. The highest BCUT2D eigenvalue weighted by Crippen LogP contribution is 2.17. The summed E-state index contributed by atoms with van der Waals surface area (Å²) in [5.74, 6) is -0.328. The minimum absolute atomic E-state index is 0.113. The molecule has 0 spiro atoms. The number of sulfonamides is 1. The second-order valence-corrected chi connectivity index (χ2v) is 7.62. The Morgan fingerprint density at radius 1 is 1.29 bits per heavy atom. The molecule has 1 aromatic carbocycles. The van der Waals surface area contributed by atoms with Crippen molar-refractivity contribution >= 4 is 15.9 Å². The van der Waals surface area contributed by atoms with Gasteiger partial charge in [0.05, 0.1) is 10.9 Å². The third-order valence-corrected chi connectivity index (χ3v) is 4.43. The largest absolute Gasteiger partial charge is 0.351 e. The fraction of sp³-hybridized carbons (Fsp3) is 0.500. The zero-order chi connectivity index (χ0) is 16.3. The molecule has 118 valence electrons. The van der Waals surface area contributed by atoms with Gasteiger partial charge in [-0.3, -0.25) is 4.79 Å². The molecule has 1 atom stereocenters. The molecule has 6 nitrogen and oxygen atoms in total. The van der Waals surface area contributed by atoms with E-state index in [-0.39, 0.29) is 17.3 Å². The first kappa shape index (κ1) is 17.6. The van der Waals surface area contributed by atoms with Crippen LogP contribution in [-0.4, -0.2) is 25.9 Å². The quantitative estimate of drug-likeness (QED) is 0.745. The van der Waals surface area contributed by atoms with E-state index in [1.807, 2.05) is 0 Å². The lowest BCUT2D eigenvalue weighted by molar-refractivity contribution is -0.122. The number of hydrogen-bond donors (Lipinski definition) is 3. The lowest BCUT2D eigenvalue weighted by Crippen LogP contribution is -2.41. The van der Waals surface area contributed by atoms with Crippen molar-refractivity contribution in [2.45, 2.75) is 50.7 Å². The highest BCUT2D eigenvalue weighted by atomic mass is 32.2. The van der Waals surface area contributed by atoms with E-state index in [1.54, 1.807) is 45.9 Å². The summed E-state index contributed by atoms with van der Waals surface area (Å²) in [5.41, 5.74) is 5.40. The van der Waals surface area contributed by atoms with Crippen molar-refractivity contribution in [1.82, 2.24) is 10.0 Å². The van der Waals surface area contributed by atoms with Crippen LogP contribution in [0.15, 0.2) is 29.2 Å². The summed E-state index contributed by atoms with van der Waals surface area (Å²) in [6.07, 6.45) is 0. The zero-order valence-electron chi connectivity index (χ0n) is 12.8. The Morgan fingerprint density at radius 3 is 2.38 bits per heavy atom. The fourth-order valence-corrected chi connectivity index (χ4v) is 3.37. The van der Waals surface area contributed by atoms with Crippen molar-refractivity contribution in [3.8, 4) is 0 Å². The van der Waals surface area contributed by atoms with Gasteiger partial charge in [-0.25, -0.2) is 13.1 Å². The first-order valence-electron chi connectivity index (χ1n) is 6.68. The molecule has 0 aromatic heterocycles. The van der Waals surface area contributed by atoms with Gasteiger partial charge < -0.3 is 11.1 Å². The summed E-state index contributed by atoms with van der Waals surface area (Å²) in [7, 11) is -3.65. The summed E-state index contributed by atoms with van der Waals surface area (Å²) in [4.78, 5) is 11.7. The van der Waals surface area contributed by atoms with Gasteiger partial charge in [0.25, 0.3) is 0 Å². The van der Waals surface area contributed by atoms with E-state index in [2.05, 4.69) is 10.0 Å². The molecular weight excluding hydrogens is 290 g/mol. The van der Waals surface area contributed by atoms with Crippen molar-refractivity contribution in [2.75, 3.05) is 0 Å². The van der Waals surface area contributed by atoms with Gasteiger partial charge in [-0.15, -0.1) is 0 Å². The lowest BCUT2D eigenvalue weighted by atomic mass is 10.1. The van der Waals surface area contributed by atoms with Gasteiger partial charge >= 0.3 is 0 Å². The second kappa shape index (κ2) is 6.55. The molecule has 0 aliphatic heterocycles. The SMILES string of the molecule is C[C@@H](N)C(=O)NCc1ccccc1S(=O)(=O)NC(C)(C)C. The molecule has 1 rings (SSSR count). The van der Waals surface area contributed by atoms with E-state index < -0.39 is 21.6 Å². The maximum Gasteiger partial charge on any atom is 0.241 e. The molecule has 4 N–H and O–H groups in total. The van der Waals surface area contributed by atoms with Gasteiger partial charge in [0.2, 0.25) is 15.9 Å². The van der Waals surface area contributed by atoms with Crippen LogP contribution < -0.4 is 15.8 Å². The molecule has 0 fully saturated rings. The lowest BCUT2D eigenvalue weighted by Gasteiger charge is -2.21. The van der Waals surface area contributed by atoms with Crippen LogP contribution in [0.3, 0.4) is 0 Å². The first-order chi connectivity index (χ1) is 9.53. The molecule has 0 unspecified atom stereocenters. The molecule has 0 bridgehead atoms. The van der Waals surface area contributed by atoms with Gasteiger partial charge in [-0.2, -0.15) is 0 Å². The van der Waals surface area contributed by atoms with Gasteiger partial charge in [-0.1, -0.05) is 18.2 Å². The Kier molecular flexibility index (Phi) is 5.49. The molecule has 0 aliphatic rings. The topological polar surface area (TPSA) is 101 Å². The monoisotopic (exact) mass is 313 g/mol. The van der Waals surface area contributed by atoms with E-state index in [0.29, 0.717) is 5.56 Å². The molecule has 1 amide bonds. The van der Waals surface area contributed by atoms with E-state index in [0.717, 1.165) is 0 Å². The number of rotatable bonds is 5. The Morgan fingerprint density at radius 2 is 1.86 bits per heavy atom. The van der Waals surface area contributed by atoms with Crippen LogP contribution in [0, 0.1) is 0 Å². The minimum atomic E-state index is -3.65. The molecular formula is C14H23N3O3S. The average molecular weight is 313 g/mol. The van der Waals surface area contributed by atoms with E-state index in [9.17, 15) is 13.2 Å². The van der Waals surface area contributed by atoms with Crippen LogP contribution in [0.1, 0.15) is 33.3 Å². The van der Waals surface area contributed by atoms with Crippen molar-refractivity contribution in [2.24, 2.45) is 5.73 Å². The molecule has 0 radical (unpaired) electrons. The third-order valence-electron chi connectivity index (χ3n) is 2.57. The van der Waals surface area contributed by atoms with Crippen LogP contribution in [0.5, 0.6) is 0 Å². The van der Waals surface area contributed by atoms with E-state index >= 15 is 0 Å². The number of amides is 1. The summed E-state index contributed by atoms with van der Waals surface area (Å²) < 4.78 is 27.4. The number of nitrogens with two attached hydrogens (primary N) is 1. The smallest absolute Gasteiger partial charge is 0.241 e. The summed E-state index contributed by atoms with van der Waals surface area (Å²) in [5, 5.41) is 2.62. The summed E-state index contributed by atoms with van der Waals surface area (Å²) in [6, 6.07) is 5.92. The van der Waals surface area contributed by atoms with Crippen LogP contribution in [0.4, 0.5) is 0 Å². The average Bonchev–Trinajstić information content (AvgIpc) is 2.33. The Balaban J connectivity index is 3.02. The molecule has 0 aliphatic carbocycles. The van der Waals surface area contributed by atoms with Crippen molar-refractivity contribution < 1.29 is 13.2 Å². The molecule has 21 heavy (non-hydrogen) atoms. The first-order valence-corrected chi connectivity index (χ1v) is 8.16. The number of hydrogen-bond acceptors (Lipinski definition) is 4. The molecule has 0 heterocycles. The highest BCUT2D eigenvalue weighted by Gasteiger charge is 2.24. The van der Waals surface area contributed by atoms with Gasteiger partial charge in [0.15, 0.2) is 0 Å². The van der Waals surface area contributed by atoms with Gasteiger partial charge in [0, 0.05) is 12.1 Å². The van der Waals surface area contributed by atoms with Crippen molar-refractivity contribution in [3.05, 3.63) is 29.8 Å². The highest BCUT2D eigenvalue weighted by molar-refractivity contribution is 7.89. The Labute approximate surface area is 126 Å². The van der Waals surface area contributed by atoms with Crippen molar-refractivity contribution in [3.63, 3.8) is 0 Å². The van der Waals surface area contributed by atoms with Crippen LogP contribution >= 0.6 is 0 Å². The van der Waals surface area contributed by atoms with Gasteiger partial charge in [0.1, 0.15) is 0 Å². The number of carbonyl (C=O) groups excluding carboxylic acids is 1. The minimum Gasteiger partial charge on any atom is -0.351 e. The number of benzene rings is 1. The van der Waals surface area contributed by atoms with E-state index in [4.69, 9.17) is 5.73 Å². The standard InChI is InChI=1S/C14H23N3O3S/c1-10(15)13(18)16-9-11-7-5-6-8-12(11)21(19,20)17-14(2,3)4/h5-8,10,17H,9,15H2,1-4H3,(H,16,18)/t10-/m1/s1. The van der Waals surface area contributed by atoms with Gasteiger partial charge in [-0.05, 0) is 39.3 Å². The van der Waals surface area contributed by atoms with Crippen LogP contribution in [0.2, 0.25) is 0 Å². The normalized spacial score (nSPS) is 13.8. The molecule has 0 saturated carbocycles. The van der Waals surface area contributed by atoms with Crippen LogP contribution in [-0.2, 0) is 21.4 Å². The third kappa shape index (κ3) is 5.45. The summed E-state index contributed by atoms with van der Waals surface area (Å²) >= 11 is 0. The predicted octanol–water partition coefficient (Wildman–Crippen LogP) is 0.727. The zero-order valence-corrected chi connectivity index (χ0v) is 13.6. The maximum atomic E-state index is 12.4. The van der Waals surface area contributed by atoms with Crippen molar-refractivity contribution in [1.29, 1.82) is 0 Å². The Hall–Kier alpha value is -1.44. The number of carbonyl (C=O) groups is 1. The maximum absolute atomic E-state index is 12.4.